The number of nitrogens with one attached hydrogen (secondary N) is 2. The predicted molar refractivity (Wildman–Crippen MR) is 157 cm³/mol. The normalized spacial score (nSPS) is 12.6. The number of unbranched alkanes of at least 4 members (excludes halogenated alkanes) is 4. The van der Waals surface area contributed by atoms with E-state index in [4.69, 9.17) is 10.5 Å². The number of aromatic hydroxyl groups is 1. The minimum Gasteiger partial charge on any atom is -0.508 e. The molecule has 224 valence electrons. The van der Waals surface area contributed by atoms with E-state index in [1.807, 2.05) is 30.3 Å². The van der Waals surface area contributed by atoms with Crippen molar-refractivity contribution in [2.24, 2.45) is 5.73 Å². The Morgan fingerprint density at radius 3 is 2.27 bits per heavy atom. The quantitative estimate of drug-likeness (QED) is 0.235. The number of alkyl carbamates (subject to hydrolysis) is 1. The van der Waals surface area contributed by atoms with Gasteiger partial charge in [-0.3, -0.25) is 14.4 Å². The number of amides is 4. The van der Waals surface area contributed by atoms with Crippen molar-refractivity contribution in [1.29, 1.82) is 0 Å². The minimum absolute atomic E-state index is 0.0701. The lowest BCUT2D eigenvalue weighted by atomic mass is 10.0. The Bertz CT molecular complexity index is 1150. The van der Waals surface area contributed by atoms with Gasteiger partial charge in [-0.15, -0.1) is 0 Å². The number of phenolic OH excluding ortho intramolecular Hbond substituents is 1. The van der Waals surface area contributed by atoms with Crippen LogP contribution in [-0.2, 0) is 25.7 Å². The van der Waals surface area contributed by atoms with Crippen LogP contribution in [0.25, 0.3) is 0 Å². The van der Waals surface area contributed by atoms with Gasteiger partial charge in [-0.1, -0.05) is 75.1 Å². The maximum absolute atomic E-state index is 14.1. The molecule has 2 rings (SSSR count). The van der Waals surface area contributed by atoms with Gasteiger partial charge < -0.3 is 31.1 Å². The first kappa shape index (κ1) is 33.1. The number of hydrogen-bond donors (Lipinski definition) is 4. The number of ether oxygens (including phenoxy) is 1. The molecule has 2 aromatic rings. The molecule has 0 spiro atoms. The SMILES string of the molecule is CCCCCCCN(C(=O)C(CC(N)=O)NC(=O)OC(C)(C)C)C(C(=O)NCc1ccccc1)c1cccc(O)c1. The molecule has 0 aromatic heterocycles. The molecule has 0 aliphatic heterocycles. The van der Waals surface area contributed by atoms with Crippen molar-refractivity contribution in [2.75, 3.05) is 6.54 Å². The molecule has 10 heteroatoms. The van der Waals surface area contributed by atoms with Crippen molar-refractivity contribution >= 4 is 23.8 Å². The van der Waals surface area contributed by atoms with Gasteiger partial charge in [0.1, 0.15) is 23.4 Å². The maximum Gasteiger partial charge on any atom is 0.408 e. The molecule has 0 bridgehead atoms. The number of benzene rings is 2. The number of primary amides is 1. The van der Waals surface area contributed by atoms with Crippen LogP contribution >= 0.6 is 0 Å². The summed E-state index contributed by atoms with van der Waals surface area (Å²) in [5.74, 6) is -2.01. The summed E-state index contributed by atoms with van der Waals surface area (Å²) < 4.78 is 5.32. The molecule has 0 heterocycles. The zero-order valence-electron chi connectivity index (χ0n) is 24.5. The second-order valence-corrected chi connectivity index (χ2v) is 11.0. The molecule has 0 aliphatic carbocycles. The molecule has 0 saturated carbocycles. The van der Waals surface area contributed by atoms with Crippen molar-refractivity contribution in [3.8, 4) is 5.75 Å². The van der Waals surface area contributed by atoms with Crippen molar-refractivity contribution < 1.29 is 29.0 Å². The Hall–Kier alpha value is -4.08. The molecule has 2 aromatic carbocycles. The fraction of sp³-hybridized carbons (Fsp3) is 0.484. The van der Waals surface area contributed by atoms with Crippen molar-refractivity contribution in [3.05, 3.63) is 65.7 Å². The van der Waals surface area contributed by atoms with E-state index in [0.29, 0.717) is 12.0 Å². The topological polar surface area (TPSA) is 151 Å². The number of hydrogen-bond acceptors (Lipinski definition) is 6. The lowest BCUT2D eigenvalue weighted by Gasteiger charge is -2.34. The van der Waals surface area contributed by atoms with Crippen LogP contribution < -0.4 is 16.4 Å². The van der Waals surface area contributed by atoms with Gasteiger partial charge in [-0.05, 0) is 50.5 Å². The molecule has 10 nitrogen and oxygen atoms in total. The maximum atomic E-state index is 14.1. The second-order valence-electron chi connectivity index (χ2n) is 11.0. The van der Waals surface area contributed by atoms with E-state index in [2.05, 4.69) is 17.6 Å². The van der Waals surface area contributed by atoms with E-state index in [0.717, 1.165) is 31.2 Å². The molecule has 5 N–H and O–H groups in total. The first-order valence-electron chi connectivity index (χ1n) is 14.1. The number of nitrogens with zero attached hydrogens (tertiary/aromatic N) is 1. The van der Waals surface area contributed by atoms with Crippen LogP contribution in [0.4, 0.5) is 4.79 Å². The molecule has 4 amide bonds. The molecule has 2 unspecified atom stereocenters. The van der Waals surface area contributed by atoms with Gasteiger partial charge >= 0.3 is 6.09 Å². The summed E-state index contributed by atoms with van der Waals surface area (Å²) in [5.41, 5.74) is 5.86. The summed E-state index contributed by atoms with van der Waals surface area (Å²) in [5, 5.41) is 15.6. The lowest BCUT2D eigenvalue weighted by Crippen LogP contribution is -2.54. The Labute approximate surface area is 242 Å². The van der Waals surface area contributed by atoms with Crippen LogP contribution in [0.15, 0.2) is 54.6 Å². The van der Waals surface area contributed by atoms with Gasteiger partial charge in [0, 0.05) is 13.1 Å². The van der Waals surface area contributed by atoms with E-state index in [-0.39, 0.29) is 18.8 Å². The number of nitrogens with two attached hydrogens (primary N) is 1. The van der Waals surface area contributed by atoms with Gasteiger partial charge in [-0.25, -0.2) is 4.79 Å². The average molecular weight is 569 g/mol. The first-order chi connectivity index (χ1) is 19.4. The van der Waals surface area contributed by atoms with E-state index in [1.165, 1.54) is 17.0 Å². The Morgan fingerprint density at radius 1 is 0.976 bits per heavy atom. The van der Waals surface area contributed by atoms with Crippen LogP contribution in [0.2, 0.25) is 0 Å². The fourth-order valence-electron chi connectivity index (χ4n) is 4.35. The number of carbonyl (C=O) groups excluding carboxylic acids is 4. The van der Waals surface area contributed by atoms with Gasteiger partial charge in [0.15, 0.2) is 0 Å². The first-order valence-corrected chi connectivity index (χ1v) is 14.1. The average Bonchev–Trinajstić information content (AvgIpc) is 2.89. The highest BCUT2D eigenvalue weighted by molar-refractivity contribution is 5.94. The Kier molecular flexibility index (Phi) is 13.1. The van der Waals surface area contributed by atoms with Crippen molar-refractivity contribution in [3.63, 3.8) is 0 Å². The standard InChI is InChI=1S/C31H44N4O6/c1-5-6-7-8-12-18-35(29(39)25(20-26(32)37)34-30(40)41-31(2,3)4)27(23-16-13-17-24(36)19-23)28(38)33-21-22-14-10-9-11-15-22/h9-11,13-17,19,25,27,36H,5-8,12,18,20-21H2,1-4H3,(H2,32,37)(H,33,38)(H,34,40). The van der Waals surface area contributed by atoms with Crippen LogP contribution in [0.3, 0.4) is 0 Å². The zero-order chi connectivity index (χ0) is 30.4. The smallest absolute Gasteiger partial charge is 0.408 e. The molecule has 0 radical (unpaired) electrons. The van der Waals surface area contributed by atoms with Gasteiger partial charge in [0.05, 0.1) is 6.42 Å². The zero-order valence-corrected chi connectivity index (χ0v) is 24.5. The number of rotatable bonds is 15. The van der Waals surface area contributed by atoms with E-state index in [9.17, 15) is 24.3 Å². The molecular weight excluding hydrogens is 524 g/mol. The monoisotopic (exact) mass is 568 g/mol. The summed E-state index contributed by atoms with van der Waals surface area (Å²) in [6, 6.07) is 12.9. The van der Waals surface area contributed by atoms with Crippen molar-refractivity contribution in [2.45, 2.75) is 90.4 Å². The number of carbonyl (C=O) groups is 4. The van der Waals surface area contributed by atoms with Crippen molar-refractivity contribution in [1.82, 2.24) is 15.5 Å². The molecule has 0 aliphatic rings. The Morgan fingerprint density at radius 2 is 1.66 bits per heavy atom. The Balaban J connectivity index is 2.47. The predicted octanol–water partition coefficient (Wildman–Crippen LogP) is 4.32. The van der Waals surface area contributed by atoms with Crippen LogP contribution in [0.1, 0.15) is 83.4 Å². The molecule has 41 heavy (non-hydrogen) atoms. The third kappa shape index (κ3) is 11.9. The molecule has 2 atom stereocenters. The summed E-state index contributed by atoms with van der Waals surface area (Å²) in [4.78, 5) is 53.8. The molecular formula is C31H44N4O6. The third-order valence-electron chi connectivity index (χ3n) is 6.24. The second kappa shape index (κ2) is 16.2. The number of phenols is 1. The molecule has 0 saturated heterocycles. The lowest BCUT2D eigenvalue weighted by molar-refractivity contribution is -0.143. The van der Waals surface area contributed by atoms with E-state index in [1.54, 1.807) is 32.9 Å². The van der Waals surface area contributed by atoms with E-state index >= 15 is 0 Å². The molecule has 0 fully saturated rings. The summed E-state index contributed by atoms with van der Waals surface area (Å²) in [6.07, 6.45) is 3.06. The van der Waals surface area contributed by atoms with E-state index < -0.39 is 47.9 Å². The highest BCUT2D eigenvalue weighted by atomic mass is 16.6. The summed E-state index contributed by atoms with van der Waals surface area (Å²) in [6.45, 7) is 7.52. The van der Waals surface area contributed by atoms with Gasteiger partial charge in [0.2, 0.25) is 17.7 Å². The summed E-state index contributed by atoms with van der Waals surface area (Å²) >= 11 is 0. The summed E-state index contributed by atoms with van der Waals surface area (Å²) in [7, 11) is 0. The largest absolute Gasteiger partial charge is 0.508 e. The van der Waals surface area contributed by atoms with Gasteiger partial charge in [-0.2, -0.15) is 0 Å². The highest BCUT2D eigenvalue weighted by Crippen LogP contribution is 2.27. The van der Waals surface area contributed by atoms with Crippen LogP contribution in [0, 0.1) is 0 Å². The fourth-order valence-corrected chi connectivity index (χ4v) is 4.35. The highest BCUT2D eigenvalue weighted by Gasteiger charge is 2.37. The van der Waals surface area contributed by atoms with Crippen LogP contribution in [0.5, 0.6) is 5.75 Å². The minimum atomic E-state index is -1.36. The van der Waals surface area contributed by atoms with Crippen LogP contribution in [-0.4, -0.2) is 52.0 Å². The third-order valence-corrected chi connectivity index (χ3v) is 6.24. The van der Waals surface area contributed by atoms with Gasteiger partial charge in [0.25, 0.3) is 0 Å².